The summed E-state index contributed by atoms with van der Waals surface area (Å²) in [5.41, 5.74) is 2.14. The number of rotatable bonds is 4. The fourth-order valence-electron chi connectivity index (χ4n) is 4.45. The van der Waals surface area contributed by atoms with E-state index in [4.69, 9.17) is 4.74 Å². The average Bonchev–Trinajstić information content (AvgIpc) is 2.81. The quantitative estimate of drug-likeness (QED) is 0.598. The standard InChI is InChI=1S/C25H25N3O3S/c29-32(30,24-12-4-9-20-10-5-14-27-25(20)24)28-16-21-11-6-13-26-23(21)18-31-17-22(28)15-19-7-2-1-3-8-19/h1-7,9-14,19,22H,8,15-18H2/t19?,22-/m1/s1. The molecule has 1 unspecified atom stereocenters. The maximum absolute atomic E-state index is 14.1. The highest BCUT2D eigenvalue weighted by Crippen LogP contribution is 2.31. The number of ether oxygens (including phenoxy) is 1. The summed E-state index contributed by atoms with van der Waals surface area (Å²) in [6, 6.07) is 12.5. The number of hydrogen-bond donors (Lipinski definition) is 0. The number of para-hydroxylation sites is 1. The third-order valence-corrected chi connectivity index (χ3v) is 8.02. The lowest BCUT2D eigenvalue weighted by molar-refractivity contribution is 0.0584. The fourth-order valence-corrected chi connectivity index (χ4v) is 6.22. The van der Waals surface area contributed by atoms with Gasteiger partial charge >= 0.3 is 0 Å². The highest BCUT2D eigenvalue weighted by atomic mass is 32.2. The predicted molar refractivity (Wildman–Crippen MR) is 123 cm³/mol. The van der Waals surface area contributed by atoms with Crippen molar-refractivity contribution < 1.29 is 13.2 Å². The number of aromatic nitrogens is 2. The van der Waals surface area contributed by atoms with Crippen LogP contribution in [0.1, 0.15) is 24.1 Å². The van der Waals surface area contributed by atoms with Crippen LogP contribution in [0, 0.1) is 5.92 Å². The number of hydrogen-bond acceptors (Lipinski definition) is 5. The van der Waals surface area contributed by atoms with Gasteiger partial charge in [0.25, 0.3) is 0 Å². The zero-order chi connectivity index (χ0) is 22.0. The van der Waals surface area contributed by atoms with Gasteiger partial charge in [-0.3, -0.25) is 9.97 Å². The maximum Gasteiger partial charge on any atom is 0.245 e. The predicted octanol–water partition coefficient (Wildman–Crippen LogP) is 4.24. The van der Waals surface area contributed by atoms with E-state index in [-0.39, 0.29) is 23.4 Å². The fraction of sp³-hybridized carbons (Fsp3) is 0.280. The molecule has 2 aliphatic rings. The van der Waals surface area contributed by atoms with Crippen molar-refractivity contribution >= 4 is 20.9 Å². The van der Waals surface area contributed by atoms with E-state index in [1.165, 1.54) is 0 Å². The van der Waals surface area contributed by atoms with Crippen molar-refractivity contribution in [2.45, 2.75) is 36.9 Å². The minimum atomic E-state index is -3.85. The van der Waals surface area contributed by atoms with Gasteiger partial charge in [-0.1, -0.05) is 48.6 Å². The van der Waals surface area contributed by atoms with Crippen LogP contribution in [0.4, 0.5) is 0 Å². The van der Waals surface area contributed by atoms with Gasteiger partial charge in [-0.05, 0) is 42.5 Å². The Morgan fingerprint density at radius 1 is 1.03 bits per heavy atom. The Hall–Kier alpha value is -2.87. The molecule has 7 heteroatoms. The molecule has 1 aromatic carbocycles. The first-order valence-corrected chi connectivity index (χ1v) is 12.3. The molecule has 0 amide bonds. The molecule has 0 fully saturated rings. The molecule has 2 aromatic heterocycles. The van der Waals surface area contributed by atoms with Gasteiger partial charge in [-0.15, -0.1) is 0 Å². The Balaban J connectivity index is 1.59. The maximum atomic E-state index is 14.1. The second-order valence-corrected chi connectivity index (χ2v) is 10.1. The van der Waals surface area contributed by atoms with E-state index in [2.05, 4.69) is 22.1 Å². The van der Waals surface area contributed by atoms with Crippen molar-refractivity contribution in [2.75, 3.05) is 6.61 Å². The van der Waals surface area contributed by atoms with Crippen LogP contribution in [-0.2, 0) is 27.9 Å². The van der Waals surface area contributed by atoms with Gasteiger partial charge in [-0.25, -0.2) is 8.42 Å². The van der Waals surface area contributed by atoms with E-state index in [0.717, 1.165) is 23.1 Å². The first kappa shape index (κ1) is 21.0. The summed E-state index contributed by atoms with van der Waals surface area (Å²) in [7, 11) is -3.85. The Labute approximate surface area is 188 Å². The first-order valence-electron chi connectivity index (χ1n) is 10.8. The van der Waals surface area contributed by atoms with Crippen LogP contribution >= 0.6 is 0 Å². The van der Waals surface area contributed by atoms with E-state index in [9.17, 15) is 8.42 Å². The zero-order valence-electron chi connectivity index (χ0n) is 17.7. The van der Waals surface area contributed by atoms with Crippen LogP contribution in [0.5, 0.6) is 0 Å². The molecule has 0 N–H and O–H groups in total. The zero-order valence-corrected chi connectivity index (χ0v) is 18.5. The summed E-state index contributed by atoms with van der Waals surface area (Å²) >= 11 is 0. The van der Waals surface area contributed by atoms with Crippen molar-refractivity contribution in [3.63, 3.8) is 0 Å². The number of benzene rings is 1. The van der Waals surface area contributed by atoms with Crippen molar-refractivity contribution in [1.82, 2.24) is 14.3 Å². The van der Waals surface area contributed by atoms with Gasteiger partial charge in [0.2, 0.25) is 10.0 Å². The molecule has 2 atom stereocenters. The SMILES string of the molecule is O=S(=O)(c1cccc2cccnc12)N1Cc2cccnc2COC[C@H]1CC1C=CC=CC1. The molecule has 5 rings (SSSR count). The monoisotopic (exact) mass is 447 g/mol. The molecule has 3 aromatic rings. The molecule has 6 nitrogen and oxygen atoms in total. The molecular weight excluding hydrogens is 422 g/mol. The van der Waals surface area contributed by atoms with Gasteiger partial charge in [0.15, 0.2) is 0 Å². The van der Waals surface area contributed by atoms with Crippen LogP contribution in [0.15, 0.2) is 84.1 Å². The molecule has 0 spiro atoms. The van der Waals surface area contributed by atoms with Crippen LogP contribution in [0.3, 0.4) is 0 Å². The Morgan fingerprint density at radius 2 is 1.88 bits per heavy atom. The summed E-state index contributed by atoms with van der Waals surface area (Å²) in [4.78, 5) is 9.05. The van der Waals surface area contributed by atoms with E-state index < -0.39 is 10.0 Å². The lowest BCUT2D eigenvalue weighted by atomic mass is 9.93. The van der Waals surface area contributed by atoms with Crippen molar-refractivity contribution in [3.05, 3.63) is 90.4 Å². The van der Waals surface area contributed by atoms with E-state index in [0.29, 0.717) is 25.2 Å². The van der Waals surface area contributed by atoms with E-state index >= 15 is 0 Å². The van der Waals surface area contributed by atoms with Gasteiger partial charge in [0.05, 0.1) is 24.4 Å². The van der Waals surface area contributed by atoms with Crippen LogP contribution in [-0.4, -0.2) is 35.3 Å². The normalized spacial score (nSPS) is 21.8. The number of sulfonamides is 1. The summed E-state index contributed by atoms with van der Waals surface area (Å²) < 4.78 is 35.8. The van der Waals surface area contributed by atoms with Gasteiger partial charge in [-0.2, -0.15) is 4.31 Å². The Kier molecular flexibility index (Phi) is 5.87. The highest BCUT2D eigenvalue weighted by Gasteiger charge is 2.36. The van der Waals surface area contributed by atoms with Crippen LogP contribution < -0.4 is 0 Å². The Bertz CT molecular complexity index is 1280. The average molecular weight is 448 g/mol. The minimum absolute atomic E-state index is 0.227. The Morgan fingerprint density at radius 3 is 2.75 bits per heavy atom. The summed E-state index contributed by atoms with van der Waals surface area (Å²) in [6.07, 6.45) is 13.3. The molecule has 3 heterocycles. The van der Waals surface area contributed by atoms with Crippen molar-refractivity contribution in [2.24, 2.45) is 5.92 Å². The second-order valence-electron chi connectivity index (χ2n) is 8.20. The number of allylic oxidation sites excluding steroid dienone is 4. The molecule has 0 saturated carbocycles. The van der Waals surface area contributed by atoms with Gasteiger partial charge in [0.1, 0.15) is 4.90 Å². The molecule has 0 saturated heterocycles. The summed E-state index contributed by atoms with van der Waals surface area (Å²) in [5, 5.41) is 0.802. The number of nitrogens with zero attached hydrogens (tertiary/aromatic N) is 3. The molecule has 32 heavy (non-hydrogen) atoms. The number of pyridine rings is 2. The topological polar surface area (TPSA) is 72.4 Å². The highest BCUT2D eigenvalue weighted by molar-refractivity contribution is 7.89. The second kappa shape index (κ2) is 8.94. The van der Waals surface area contributed by atoms with Gasteiger partial charge < -0.3 is 4.74 Å². The lowest BCUT2D eigenvalue weighted by Crippen LogP contribution is -2.44. The molecule has 0 bridgehead atoms. The largest absolute Gasteiger partial charge is 0.373 e. The first-order chi connectivity index (χ1) is 15.6. The van der Waals surface area contributed by atoms with Crippen molar-refractivity contribution in [1.29, 1.82) is 0 Å². The van der Waals surface area contributed by atoms with Crippen molar-refractivity contribution in [3.8, 4) is 0 Å². The molecule has 164 valence electrons. The lowest BCUT2D eigenvalue weighted by Gasteiger charge is -2.34. The molecular formula is C25H25N3O3S. The molecule has 1 aliphatic heterocycles. The van der Waals surface area contributed by atoms with E-state index in [1.54, 1.807) is 28.8 Å². The van der Waals surface area contributed by atoms with Crippen LogP contribution in [0.2, 0.25) is 0 Å². The third-order valence-electron chi connectivity index (χ3n) is 6.09. The number of fused-ring (bicyclic) bond motifs is 2. The van der Waals surface area contributed by atoms with Gasteiger partial charge in [0, 0.05) is 30.4 Å². The van der Waals surface area contributed by atoms with E-state index in [1.807, 2.05) is 42.5 Å². The van der Waals surface area contributed by atoms with Crippen LogP contribution in [0.25, 0.3) is 10.9 Å². The summed E-state index contributed by atoms with van der Waals surface area (Å²) in [5.74, 6) is 0.268. The molecule has 0 radical (unpaired) electrons. The molecule has 1 aliphatic carbocycles. The third kappa shape index (κ3) is 4.11. The smallest absolute Gasteiger partial charge is 0.245 e. The minimum Gasteiger partial charge on any atom is -0.373 e. The summed E-state index contributed by atoms with van der Waals surface area (Å²) in [6.45, 7) is 0.966.